The molecule has 0 radical (unpaired) electrons. The number of halogens is 2. The molecule has 0 aliphatic rings. The molecule has 2 nitrogen and oxygen atoms in total. The number of phenolic OH excluding ortho intramolecular Hbond substituents is 1. The number of phenols is 1. The lowest BCUT2D eigenvalue weighted by Gasteiger charge is -2.10. The zero-order chi connectivity index (χ0) is 11.4. The molecule has 15 heavy (non-hydrogen) atoms. The Kier molecular flexibility index (Phi) is 4.54. The highest BCUT2D eigenvalue weighted by molar-refractivity contribution is 9.10. The van der Waals surface area contributed by atoms with Gasteiger partial charge in [0.25, 0.3) is 0 Å². The summed E-state index contributed by atoms with van der Waals surface area (Å²) in [5, 5.41) is 9.58. The van der Waals surface area contributed by atoms with E-state index in [0.29, 0.717) is 23.0 Å². The molecule has 0 saturated carbocycles. The van der Waals surface area contributed by atoms with Gasteiger partial charge in [-0.2, -0.15) is 0 Å². The van der Waals surface area contributed by atoms with Crippen molar-refractivity contribution in [3.05, 3.63) is 27.5 Å². The molecule has 3 N–H and O–H groups in total. The summed E-state index contributed by atoms with van der Waals surface area (Å²) in [5.74, 6) is -0.803. The van der Waals surface area contributed by atoms with Crippen LogP contribution in [0.25, 0.3) is 0 Å². The van der Waals surface area contributed by atoms with Crippen molar-refractivity contribution in [1.82, 2.24) is 0 Å². The molecule has 0 unspecified atom stereocenters. The van der Waals surface area contributed by atoms with E-state index in [1.165, 1.54) is 6.07 Å². The van der Waals surface area contributed by atoms with Gasteiger partial charge in [-0.1, -0.05) is 15.9 Å². The summed E-state index contributed by atoms with van der Waals surface area (Å²) in [6.07, 6.45) is 2.40. The van der Waals surface area contributed by atoms with Gasteiger partial charge in [-0.15, -0.1) is 0 Å². The van der Waals surface area contributed by atoms with Crippen LogP contribution in [-0.2, 0) is 6.42 Å². The van der Waals surface area contributed by atoms with E-state index in [1.54, 1.807) is 0 Å². The maximum atomic E-state index is 13.2. The van der Waals surface area contributed by atoms with E-state index in [4.69, 9.17) is 5.73 Å². The molecule has 0 aromatic heterocycles. The Morgan fingerprint density at radius 2 is 2.13 bits per heavy atom. The third-order valence-corrected chi connectivity index (χ3v) is 3.28. The van der Waals surface area contributed by atoms with Gasteiger partial charge in [0.2, 0.25) is 0 Å². The van der Waals surface area contributed by atoms with Crippen LogP contribution in [0, 0.1) is 12.7 Å². The second-order valence-corrected chi connectivity index (χ2v) is 4.39. The molecule has 0 heterocycles. The molecule has 1 aromatic rings. The fourth-order valence-corrected chi connectivity index (χ4v) is 1.95. The molecule has 0 fully saturated rings. The first-order chi connectivity index (χ1) is 7.07. The Morgan fingerprint density at radius 1 is 1.47 bits per heavy atom. The van der Waals surface area contributed by atoms with Crippen LogP contribution in [0.4, 0.5) is 4.39 Å². The highest BCUT2D eigenvalue weighted by Crippen LogP contribution is 2.31. The van der Waals surface area contributed by atoms with E-state index in [-0.39, 0.29) is 5.75 Å². The summed E-state index contributed by atoms with van der Waals surface area (Å²) in [7, 11) is 0. The zero-order valence-electron chi connectivity index (χ0n) is 8.69. The van der Waals surface area contributed by atoms with Gasteiger partial charge in [-0.05, 0) is 44.4 Å². The SMILES string of the molecule is Cc1c(Br)cc(F)c(O)c1CCCCN. The molecule has 0 bridgehead atoms. The molecule has 0 aliphatic heterocycles. The molecule has 1 rings (SSSR count). The minimum absolute atomic E-state index is 0.229. The summed E-state index contributed by atoms with van der Waals surface area (Å²) in [6, 6.07) is 1.29. The summed E-state index contributed by atoms with van der Waals surface area (Å²) in [6.45, 7) is 2.48. The lowest BCUT2D eigenvalue weighted by Crippen LogP contribution is -2.00. The van der Waals surface area contributed by atoms with Crippen molar-refractivity contribution < 1.29 is 9.50 Å². The molecule has 84 valence electrons. The summed E-state index contributed by atoms with van der Waals surface area (Å²) < 4.78 is 13.9. The largest absolute Gasteiger partial charge is 0.505 e. The minimum Gasteiger partial charge on any atom is -0.505 e. The molecular formula is C11H15BrFNO. The van der Waals surface area contributed by atoms with E-state index in [1.807, 2.05) is 6.92 Å². The smallest absolute Gasteiger partial charge is 0.166 e. The van der Waals surface area contributed by atoms with Crippen LogP contribution in [0.1, 0.15) is 24.0 Å². The van der Waals surface area contributed by atoms with Crippen molar-refractivity contribution in [3.63, 3.8) is 0 Å². The third kappa shape index (κ3) is 2.92. The first-order valence-electron chi connectivity index (χ1n) is 4.94. The molecule has 0 saturated heterocycles. The topological polar surface area (TPSA) is 46.2 Å². The van der Waals surface area contributed by atoms with Crippen molar-refractivity contribution in [3.8, 4) is 5.75 Å². The predicted molar refractivity (Wildman–Crippen MR) is 62.5 cm³/mol. The van der Waals surface area contributed by atoms with Crippen LogP contribution >= 0.6 is 15.9 Å². The lowest BCUT2D eigenvalue weighted by atomic mass is 10.0. The maximum Gasteiger partial charge on any atom is 0.166 e. The van der Waals surface area contributed by atoms with Gasteiger partial charge in [0.15, 0.2) is 11.6 Å². The van der Waals surface area contributed by atoms with Crippen molar-refractivity contribution in [2.45, 2.75) is 26.2 Å². The van der Waals surface area contributed by atoms with Gasteiger partial charge in [0, 0.05) is 10.0 Å². The Labute approximate surface area is 97.4 Å². The van der Waals surface area contributed by atoms with Crippen LogP contribution in [0.15, 0.2) is 10.5 Å². The molecule has 0 amide bonds. The molecule has 1 aromatic carbocycles. The predicted octanol–water partition coefficient (Wildman–Crippen LogP) is 2.88. The molecule has 4 heteroatoms. The van der Waals surface area contributed by atoms with Crippen molar-refractivity contribution in [1.29, 1.82) is 0 Å². The fraction of sp³-hybridized carbons (Fsp3) is 0.455. The van der Waals surface area contributed by atoms with Gasteiger partial charge in [0.1, 0.15) is 0 Å². The zero-order valence-corrected chi connectivity index (χ0v) is 10.3. The quantitative estimate of drug-likeness (QED) is 0.831. The van der Waals surface area contributed by atoms with Crippen LogP contribution in [0.3, 0.4) is 0 Å². The summed E-state index contributed by atoms with van der Waals surface area (Å²) in [5.41, 5.74) is 6.95. The second kappa shape index (κ2) is 5.47. The van der Waals surface area contributed by atoms with Gasteiger partial charge < -0.3 is 10.8 Å². The van der Waals surface area contributed by atoms with Crippen molar-refractivity contribution in [2.75, 3.05) is 6.54 Å². The van der Waals surface area contributed by atoms with Gasteiger partial charge in [-0.3, -0.25) is 0 Å². The van der Waals surface area contributed by atoms with Gasteiger partial charge in [0.05, 0.1) is 0 Å². The van der Waals surface area contributed by atoms with Gasteiger partial charge >= 0.3 is 0 Å². The van der Waals surface area contributed by atoms with E-state index in [2.05, 4.69) is 15.9 Å². The van der Waals surface area contributed by atoms with E-state index < -0.39 is 5.82 Å². The van der Waals surface area contributed by atoms with E-state index >= 15 is 0 Å². The average molecular weight is 276 g/mol. The van der Waals surface area contributed by atoms with Crippen molar-refractivity contribution >= 4 is 15.9 Å². The standard InChI is InChI=1S/C11H15BrFNO/c1-7-8(4-2-3-5-14)11(15)10(13)6-9(7)12/h6,15H,2-5,14H2,1H3. The number of hydrogen-bond donors (Lipinski definition) is 2. The molecule has 0 spiro atoms. The number of rotatable bonds is 4. The number of benzene rings is 1. The first-order valence-corrected chi connectivity index (χ1v) is 5.73. The number of nitrogens with two attached hydrogens (primary N) is 1. The summed E-state index contributed by atoms with van der Waals surface area (Å²) >= 11 is 3.26. The Hall–Kier alpha value is -0.610. The van der Waals surface area contributed by atoms with Crippen molar-refractivity contribution in [2.24, 2.45) is 5.73 Å². The Balaban J connectivity index is 2.94. The lowest BCUT2D eigenvalue weighted by molar-refractivity contribution is 0.423. The maximum absolute atomic E-state index is 13.2. The van der Waals surface area contributed by atoms with E-state index in [0.717, 1.165) is 18.4 Å². The minimum atomic E-state index is -0.574. The molecule has 0 aliphatic carbocycles. The number of aromatic hydroxyl groups is 1. The van der Waals surface area contributed by atoms with E-state index in [9.17, 15) is 9.50 Å². The van der Waals surface area contributed by atoms with Crippen LogP contribution in [0.2, 0.25) is 0 Å². The Morgan fingerprint density at radius 3 is 2.73 bits per heavy atom. The number of unbranched alkanes of at least 4 members (excludes halogenated alkanes) is 1. The third-order valence-electron chi connectivity index (χ3n) is 2.46. The van der Waals surface area contributed by atoms with Crippen LogP contribution in [0.5, 0.6) is 5.75 Å². The summed E-state index contributed by atoms with van der Waals surface area (Å²) in [4.78, 5) is 0. The number of hydrogen-bond acceptors (Lipinski definition) is 2. The normalized spacial score (nSPS) is 10.7. The molecular weight excluding hydrogens is 261 g/mol. The first kappa shape index (κ1) is 12.5. The van der Waals surface area contributed by atoms with Gasteiger partial charge in [-0.25, -0.2) is 4.39 Å². The Bertz CT molecular complexity index is 329. The average Bonchev–Trinajstić information content (AvgIpc) is 2.20. The fourth-order valence-electron chi connectivity index (χ4n) is 1.51. The van der Waals surface area contributed by atoms with Crippen LogP contribution in [-0.4, -0.2) is 11.7 Å². The van der Waals surface area contributed by atoms with Crippen LogP contribution < -0.4 is 5.73 Å². The second-order valence-electron chi connectivity index (χ2n) is 3.54. The highest BCUT2D eigenvalue weighted by atomic mass is 79.9. The monoisotopic (exact) mass is 275 g/mol. The highest BCUT2D eigenvalue weighted by Gasteiger charge is 2.13. The molecule has 0 atom stereocenters.